The zero-order chi connectivity index (χ0) is 17.5. The topological polar surface area (TPSA) is 69.2 Å². The second-order valence-corrected chi connectivity index (χ2v) is 5.51. The Balaban J connectivity index is 2.09. The van der Waals surface area contributed by atoms with Crippen molar-refractivity contribution in [2.24, 2.45) is 5.10 Å². The molecule has 2 rings (SSSR count). The van der Waals surface area contributed by atoms with Gasteiger partial charge in [-0.15, -0.1) is 0 Å². The summed E-state index contributed by atoms with van der Waals surface area (Å²) in [5.74, 6) is 1.54. The number of amides is 1. The molecule has 0 saturated heterocycles. The van der Waals surface area contributed by atoms with E-state index >= 15 is 0 Å². The normalized spacial score (nSPS) is 10.5. The molecule has 1 N–H and O–H groups in total. The number of nitrogens with zero attached hydrogens (tertiary/aromatic N) is 1. The van der Waals surface area contributed by atoms with Crippen molar-refractivity contribution in [2.75, 3.05) is 21.3 Å². The first-order valence-corrected chi connectivity index (χ1v) is 7.77. The van der Waals surface area contributed by atoms with Crippen LogP contribution in [-0.2, 0) is 0 Å². The van der Waals surface area contributed by atoms with Crippen LogP contribution in [0.3, 0.4) is 0 Å². The van der Waals surface area contributed by atoms with Crippen molar-refractivity contribution in [3.05, 3.63) is 52.0 Å². The number of carbonyl (C=O) groups is 1. The molecule has 6 nitrogen and oxygen atoms in total. The molecule has 0 aliphatic carbocycles. The Kier molecular flexibility index (Phi) is 6.20. The highest BCUT2D eigenvalue weighted by atomic mass is 79.9. The van der Waals surface area contributed by atoms with Gasteiger partial charge in [0.1, 0.15) is 5.75 Å². The van der Waals surface area contributed by atoms with E-state index < -0.39 is 0 Å². The Hall–Kier alpha value is -2.54. The van der Waals surface area contributed by atoms with E-state index in [0.717, 1.165) is 10.0 Å². The number of rotatable bonds is 6. The molecule has 0 fully saturated rings. The molecular weight excluding hydrogens is 376 g/mol. The Morgan fingerprint density at radius 1 is 1.04 bits per heavy atom. The van der Waals surface area contributed by atoms with E-state index in [-0.39, 0.29) is 5.91 Å². The first kappa shape index (κ1) is 17.8. The van der Waals surface area contributed by atoms with Gasteiger partial charge < -0.3 is 14.2 Å². The monoisotopic (exact) mass is 392 g/mol. The maximum absolute atomic E-state index is 12.0. The van der Waals surface area contributed by atoms with Crippen LogP contribution >= 0.6 is 15.9 Å². The number of methoxy groups -OCH3 is 3. The maximum atomic E-state index is 12.0. The lowest BCUT2D eigenvalue weighted by Gasteiger charge is -2.09. The van der Waals surface area contributed by atoms with Gasteiger partial charge in [-0.2, -0.15) is 5.10 Å². The predicted molar refractivity (Wildman–Crippen MR) is 95.3 cm³/mol. The van der Waals surface area contributed by atoms with Gasteiger partial charge in [-0.25, -0.2) is 5.43 Å². The molecule has 0 spiro atoms. The molecule has 2 aromatic carbocycles. The third-order valence-electron chi connectivity index (χ3n) is 3.22. The van der Waals surface area contributed by atoms with Gasteiger partial charge in [0.15, 0.2) is 11.5 Å². The van der Waals surface area contributed by atoms with Crippen LogP contribution in [0.5, 0.6) is 17.2 Å². The van der Waals surface area contributed by atoms with Crippen molar-refractivity contribution >= 4 is 28.1 Å². The summed E-state index contributed by atoms with van der Waals surface area (Å²) in [5.41, 5.74) is 3.70. The van der Waals surface area contributed by atoms with Crippen molar-refractivity contribution in [2.45, 2.75) is 0 Å². The van der Waals surface area contributed by atoms with E-state index in [0.29, 0.717) is 22.8 Å². The molecule has 0 aromatic heterocycles. The number of carbonyl (C=O) groups excluding carboxylic acids is 1. The highest BCUT2D eigenvalue weighted by Gasteiger charge is 2.08. The summed E-state index contributed by atoms with van der Waals surface area (Å²) in [5, 5.41) is 3.97. The van der Waals surface area contributed by atoms with Crippen LogP contribution in [0.15, 0.2) is 46.0 Å². The number of halogens is 1. The fourth-order valence-corrected chi connectivity index (χ4v) is 2.36. The Morgan fingerprint density at radius 3 is 2.25 bits per heavy atom. The van der Waals surface area contributed by atoms with Gasteiger partial charge in [0, 0.05) is 15.6 Å². The molecule has 0 unspecified atom stereocenters. The molecule has 0 saturated carbocycles. The molecule has 0 aliphatic heterocycles. The summed E-state index contributed by atoms with van der Waals surface area (Å²) in [7, 11) is 4.69. The van der Waals surface area contributed by atoms with E-state index in [1.807, 2.05) is 0 Å². The van der Waals surface area contributed by atoms with Crippen LogP contribution in [0.2, 0.25) is 0 Å². The number of hydrogen-bond acceptors (Lipinski definition) is 5. The van der Waals surface area contributed by atoms with Crippen molar-refractivity contribution in [3.63, 3.8) is 0 Å². The van der Waals surface area contributed by atoms with Gasteiger partial charge in [-0.05, 0) is 52.3 Å². The largest absolute Gasteiger partial charge is 0.497 e. The van der Waals surface area contributed by atoms with Gasteiger partial charge in [0.2, 0.25) is 0 Å². The number of hydrogen-bond donors (Lipinski definition) is 1. The van der Waals surface area contributed by atoms with Crippen molar-refractivity contribution < 1.29 is 19.0 Å². The molecule has 0 atom stereocenters. The van der Waals surface area contributed by atoms with Crippen LogP contribution in [0.1, 0.15) is 15.9 Å². The van der Waals surface area contributed by atoms with Crippen molar-refractivity contribution in [1.29, 1.82) is 0 Å². The molecule has 1 amide bonds. The lowest BCUT2D eigenvalue weighted by molar-refractivity contribution is 0.0955. The minimum absolute atomic E-state index is 0.314. The molecular formula is C17H17BrN2O4. The Morgan fingerprint density at radius 2 is 1.67 bits per heavy atom. The van der Waals surface area contributed by atoms with E-state index in [1.54, 1.807) is 57.7 Å². The molecule has 2 aromatic rings. The molecule has 0 aliphatic rings. The third-order valence-corrected chi connectivity index (χ3v) is 3.91. The summed E-state index contributed by atoms with van der Waals surface area (Å²) in [6.45, 7) is 0. The van der Waals surface area contributed by atoms with Crippen LogP contribution < -0.4 is 19.6 Å². The van der Waals surface area contributed by atoms with E-state index in [4.69, 9.17) is 14.2 Å². The van der Waals surface area contributed by atoms with Gasteiger partial charge in [-0.3, -0.25) is 4.79 Å². The standard InChI is InChI=1S/C17H17BrN2O4/c1-22-13-6-4-11(5-7-13)17(21)20-19-10-12-8-15(23-2)16(24-3)9-14(12)18/h4-10H,1-3H3,(H,20,21)/b19-10+. The van der Waals surface area contributed by atoms with Gasteiger partial charge >= 0.3 is 0 Å². The molecule has 0 heterocycles. The molecule has 24 heavy (non-hydrogen) atoms. The first-order valence-electron chi connectivity index (χ1n) is 6.98. The third kappa shape index (κ3) is 4.26. The Labute approximate surface area is 148 Å². The summed E-state index contributed by atoms with van der Waals surface area (Å²) in [6, 6.07) is 10.3. The van der Waals surface area contributed by atoms with Crippen LogP contribution in [0.4, 0.5) is 0 Å². The molecule has 126 valence electrons. The quantitative estimate of drug-likeness (QED) is 0.605. The zero-order valence-corrected chi connectivity index (χ0v) is 15.1. The molecule has 7 heteroatoms. The highest BCUT2D eigenvalue weighted by Crippen LogP contribution is 2.32. The summed E-state index contributed by atoms with van der Waals surface area (Å²) >= 11 is 3.43. The van der Waals surface area contributed by atoms with Crippen LogP contribution in [-0.4, -0.2) is 33.5 Å². The minimum atomic E-state index is -0.314. The second-order valence-electron chi connectivity index (χ2n) is 4.66. The SMILES string of the molecule is COc1ccc(C(=O)N/N=C/c2cc(OC)c(OC)cc2Br)cc1. The van der Waals surface area contributed by atoms with Gasteiger partial charge in [0.05, 0.1) is 27.5 Å². The van der Waals surface area contributed by atoms with E-state index in [2.05, 4.69) is 26.5 Å². The maximum Gasteiger partial charge on any atom is 0.271 e. The fraction of sp³-hybridized carbons (Fsp3) is 0.176. The molecule has 0 radical (unpaired) electrons. The smallest absolute Gasteiger partial charge is 0.271 e. The van der Waals surface area contributed by atoms with Gasteiger partial charge in [-0.1, -0.05) is 0 Å². The number of hydrazone groups is 1. The summed E-state index contributed by atoms with van der Waals surface area (Å²) < 4.78 is 16.3. The lowest BCUT2D eigenvalue weighted by atomic mass is 10.2. The minimum Gasteiger partial charge on any atom is -0.497 e. The zero-order valence-electron chi connectivity index (χ0n) is 13.5. The van der Waals surface area contributed by atoms with Crippen molar-refractivity contribution in [1.82, 2.24) is 5.43 Å². The summed E-state index contributed by atoms with van der Waals surface area (Å²) in [4.78, 5) is 12.0. The number of benzene rings is 2. The first-order chi connectivity index (χ1) is 11.6. The highest BCUT2D eigenvalue weighted by molar-refractivity contribution is 9.10. The number of nitrogens with one attached hydrogen (secondary N) is 1. The second kappa shape index (κ2) is 8.35. The van der Waals surface area contributed by atoms with Gasteiger partial charge in [0.25, 0.3) is 5.91 Å². The van der Waals surface area contributed by atoms with Crippen molar-refractivity contribution in [3.8, 4) is 17.2 Å². The predicted octanol–water partition coefficient (Wildman–Crippen LogP) is 3.24. The van der Waals surface area contributed by atoms with Crippen LogP contribution in [0, 0.1) is 0 Å². The van der Waals surface area contributed by atoms with E-state index in [1.165, 1.54) is 6.21 Å². The molecule has 0 bridgehead atoms. The lowest BCUT2D eigenvalue weighted by Crippen LogP contribution is -2.17. The average molecular weight is 393 g/mol. The summed E-state index contributed by atoms with van der Waals surface area (Å²) in [6.07, 6.45) is 1.52. The van der Waals surface area contributed by atoms with E-state index in [9.17, 15) is 4.79 Å². The van der Waals surface area contributed by atoms with Crippen LogP contribution in [0.25, 0.3) is 0 Å². The average Bonchev–Trinajstić information content (AvgIpc) is 2.62. The Bertz CT molecular complexity index is 745. The fourth-order valence-electron chi connectivity index (χ4n) is 1.94. The number of ether oxygens (including phenoxy) is 3.